The average molecular weight is 487 g/mol. The van der Waals surface area contributed by atoms with E-state index in [1.165, 1.54) is 6.07 Å². The van der Waals surface area contributed by atoms with Crippen molar-refractivity contribution in [2.24, 2.45) is 5.92 Å². The highest BCUT2D eigenvalue weighted by molar-refractivity contribution is 6.31. The molecule has 2 aromatic carbocycles. The van der Waals surface area contributed by atoms with Gasteiger partial charge in [-0.05, 0) is 55.2 Å². The van der Waals surface area contributed by atoms with E-state index < -0.39 is 18.1 Å². The second-order valence-corrected chi connectivity index (χ2v) is 7.93. The highest BCUT2D eigenvalue weighted by Crippen LogP contribution is 2.29. The summed E-state index contributed by atoms with van der Waals surface area (Å²) in [6.45, 7) is 3.86. The molecule has 3 N–H and O–H groups in total. The molecule has 7 nitrogen and oxygen atoms in total. The molecule has 0 bridgehead atoms. The van der Waals surface area contributed by atoms with Crippen LogP contribution in [0.1, 0.15) is 40.5 Å². The van der Waals surface area contributed by atoms with Gasteiger partial charge in [0.15, 0.2) is 0 Å². The van der Waals surface area contributed by atoms with Gasteiger partial charge < -0.3 is 20.4 Å². The maximum absolute atomic E-state index is 12.3. The summed E-state index contributed by atoms with van der Waals surface area (Å²) < 4.78 is 31.7. The van der Waals surface area contributed by atoms with Gasteiger partial charge in [0.2, 0.25) is 0 Å². The van der Waals surface area contributed by atoms with Gasteiger partial charge in [0.1, 0.15) is 0 Å². The number of carbonyl (C=O) groups excluding carboxylic acids is 1. The lowest BCUT2D eigenvalue weighted by molar-refractivity contribution is -0.192. The molecule has 1 aliphatic heterocycles. The number of amides is 1. The molecule has 0 radical (unpaired) electrons. The maximum atomic E-state index is 12.3. The Balaban J connectivity index is 0.000000479. The number of carboxylic acids is 2. The van der Waals surface area contributed by atoms with Crippen molar-refractivity contribution in [3.05, 3.63) is 58.6 Å². The van der Waals surface area contributed by atoms with Gasteiger partial charge in [-0.1, -0.05) is 24.6 Å². The number of carbonyl (C=O) groups is 3. The summed E-state index contributed by atoms with van der Waals surface area (Å²) >= 11 is 5.91. The van der Waals surface area contributed by atoms with Crippen molar-refractivity contribution in [3.63, 3.8) is 0 Å². The zero-order valence-corrected chi connectivity index (χ0v) is 18.3. The van der Waals surface area contributed by atoms with Gasteiger partial charge >= 0.3 is 18.1 Å². The Labute approximate surface area is 192 Å². The Morgan fingerprint density at radius 3 is 2.33 bits per heavy atom. The number of benzene rings is 2. The molecule has 1 fully saturated rings. The summed E-state index contributed by atoms with van der Waals surface area (Å²) in [6, 6.07) is 11.6. The monoisotopic (exact) mass is 486 g/mol. The summed E-state index contributed by atoms with van der Waals surface area (Å²) in [5.41, 5.74) is 1.76. The molecule has 1 aliphatic rings. The molecule has 0 spiro atoms. The second-order valence-electron chi connectivity index (χ2n) is 7.50. The fourth-order valence-corrected chi connectivity index (χ4v) is 3.49. The van der Waals surface area contributed by atoms with Crippen molar-refractivity contribution in [3.8, 4) is 0 Å². The van der Waals surface area contributed by atoms with Crippen LogP contribution in [-0.4, -0.2) is 47.3 Å². The Morgan fingerprint density at radius 1 is 1.12 bits per heavy atom. The number of piperidine rings is 1. The van der Waals surface area contributed by atoms with E-state index in [9.17, 15) is 27.9 Å². The molecule has 178 valence electrons. The smallest absolute Gasteiger partial charge is 0.478 e. The number of halogens is 4. The minimum atomic E-state index is -5.08. The molecule has 3 rings (SSSR count). The molecule has 33 heavy (non-hydrogen) atoms. The number of anilines is 2. The van der Waals surface area contributed by atoms with E-state index in [0.717, 1.165) is 25.9 Å². The zero-order chi connectivity index (χ0) is 24.8. The molecule has 0 aromatic heterocycles. The van der Waals surface area contributed by atoms with Gasteiger partial charge in [-0.15, -0.1) is 0 Å². The quantitative estimate of drug-likeness (QED) is 0.551. The average Bonchev–Trinajstić information content (AvgIpc) is 2.73. The number of carboxylic acid groups (broad SMARTS) is 2. The van der Waals surface area contributed by atoms with Crippen molar-refractivity contribution in [1.82, 2.24) is 0 Å². The first-order valence-corrected chi connectivity index (χ1v) is 10.3. The molecule has 1 atom stereocenters. The number of nitrogens with zero attached hydrogens (tertiary/aromatic N) is 1. The predicted molar refractivity (Wildman–Crippen MR) is 117 cm³/mol. The molecule has 0 saturated carbocycles. The number of rotatable bonds is 4. The molecular weight excluding hydrogens is 465 g/mol. The van der Waals surface area contributed by atoms with Crippen LogP contribution in [0.3, 0.4) is 0 Å². The lowest BCUT2D eigenvalue weighted by atomic mass is 9.98. The van der Waals surface area contributed by atoms with Crippen LogP contribution in [0, 0.1) is 5.92 Å². The first-order chi connectivity index (χ1) is 15.4. The standard InChI is InChI=1S/C20H21ClN2O3.C2HF3O2/c1-13-4-3-9-23(12-13)18-8-7-16(11-17(18)20(25)26)22-19(24)14-5-2-6-15(21)10-14;3-2(4,5)1(6)7/h2,5-8,10-11,13H,3-4,9,12H2,1H3,(H,22,24)(H,25,26);(H,6,7). The van der Waals surface area contributed by atoms with Gasteiger partial charge in [0.25, 0.3) is 5.91 Å². The summed E-state index contributed by atoms with van der Waals surface area (Å²) in [5.74, 6) is -3.56. The van der Waals surface area contributed by atoms with Crippen LogP contribution in [0.2, 0.25) is 5.02 Å². The first-order valence-electron chi connectivity index (χ1n) is 9.87. The lowest BCUT2D eigenvalue weighted by Gasteiger charge is -2.33. The van der Waals surface area contributed by atoms with Crippen LogP contribution in [0.5, 0.6) is 0 Å². The largest absolute Gasteiger partial charge is 0.490 e. The number of aliphatic carboxylic acids is 1. The van der Waals surface area contributed by atoms with Crippen LogP contribution >= 0.6 is 11.6 Å². The molecule has 2 aromatic rings. The third-order valence-electron chi connectivity index (χ3n) is 4.81. The number of nitrogens with one attached hydrogen (secondary N) is 1. The number of hydrogen-bond donors (Lipinski definition) is 3. The summed E-state index contributed by atoms with van der Waals surface area (Å²) in [7, 11) is 0. The minimum Gasteiger partial charge on any atom is -0.478 e. The van der Waals surface area contributed by atoms with E-state index >= 15 is 0 Å². The van der Waals surface area contributed by atoms with E-state index in [-0.39, 0.29) is 11.5 Å². The molecule has 0 aliphatic carbocycles. The van der Waals surface area contributed by atoms with Crippen molar-refractivity contribution in [2.45, 2.75) is 25.9 Å². The normalized spacial score (nSPS) is 15.8. The highest BCUT2D eigenvalue weighted by Gasteiger charge is 2.38. The second kappa shape index (κ2) is 11.0. The van der Waals surface area contributed by atoms with Gasteiger partial charge in [0.05, 0.1) is 11.3 Å². The molecule has 1 heterocycles. The molecule has 1 amide bonds. The number of hydrogen-bond acceptors (Lipinski definition) is 4. The van der Waals surface area contributed by atoms with E-state index in [0.29, 0.717) is 27.9 Å². The van der Waals surface area contributed by atoms with E-state index in [1.807, 2.05) is 0 Å². The summed E-state index contributed by atoms with van der Waals surface area (Å²) in [6.07, 6.45) is -2.87. The van der Waals surface area contributed by atoms with Crippen LogP contribution in [0.25, 0.3) is 0 Å². The van der Waals surface area contributed by atoms with Crippen molar-refractivity contribution in [1.29, 1.82) is 0 Å². The number of aromatic carboxylic acids is 1. The Hall–Kier alpha value is -3.27. The summed E-state index contributed by atoms with van der Waals surface area (Å²) in [5, 5.41) is 20.0. The number of alkyl halides is 3. The fourth-order valence-electron chi connectivity index (χ4n) is 3.30. The Kier molecular flexibility index (Phi) is 8.69. The third-order valence-corrected chi connectivity index (χ3v) is 5.05. The van der Waals surface area contributed by atoms with E-state index in [1.54, 1.807) is 36.4 Å². The Morgan fingerprint density at radius 2 is 1.79 bits per heavy atom. The van der Waals surface area contributed by atoms with Crippen LogP contribution in [0.15, 0.2) is 42.5 Å². The molecular formula is C22H22ClF3N2O5. The van der Waals surface area contributed by atoms with Gasteiger partial charge in [0, 0.05) is 29.4 Å². The van der Waals surface area contributed by atoms with Crippen LogP contribution in [0.4, 0.5) is 24.5 Å². The third kappa shape index (κ3) is 7.67. The molecule has 1 saturated heterocycles. The van der Waals surface area contributed by atoms with Crippen molar-refractivity contribution < 1.29 is 37.8 Å². The summed E-state index contributed by atoms with van der Waals surface area (Å²) in [4.78, 5) is 35.1. The van der Waals surface area contributed by atoms with Crippen molar-refractivity contribution >= 4 is 40.8 Å². The molecule has 11 heteroatoms. The van der Waals surface area contributed by atoms with Crippen molar-refractivity contribution in [2.75, 3.05) is 23.3 Å². The van der Waals surface area contributed by atoms with E-state index in [4.69, 9.17) is 21.5 Å². The van der Waals surface area contributed by atoms with Crippen LogP contribution < -0.4 is 10.2 Å². The van der Waals surface area contributed by atoms with Gasteiger partial charge in [-0.25, -0.2) is 9.59 Å². The fraction of sp³-hybridized carbons (Fsp3) is 0.318. The Bertz CT molecular complexity index is 1030. The van der Waals surface area contributed by atoms with E-state index in [2.05, 4.69) is 17.1 Å². The SMILES string of the molecule is CC1CCCN(c2ccc(NC(=O)c3cccc(Cl)c3)cc2C(=O)O)C1.O=C(O)C(F)(F)F. The zero-order valence-electron chi connectivity index (χ0n) is 17.5. The predicted octanol–water partition coefficient (Wildman–Crippen LogP) is 5.16. The maximum Gasteiger partial charge on any atom is 0.490 e. The first kappa shape index (κ1) is 26.0. The van der Waals surface area contributed by atoms with Crippen LogP contribution in [-0.2, 0) is 4.79 Å². The molecule has 1 unspecified atom stereocenters. The van der Waals surface area contributed by atoms with Gasteiger partial charge in [-0.2, -0.15) is 13.2 Å². The minimum absolute atomic E-state index is 0.197. The lowest BCUT2D eigenvalue weighted by Crippen LogP contribution is -2.35. The topological polar surface area (TPSA) is 107 Å². The highest BCUT2D eigenvalue weighted by atomic mass is 35.5. The van der Waals surface area contributed by atoms with Gasteiger partial charge in [-0.3, -0.25) is 4.79 Å².